The first kappa shape index (κ1) is 20.7. The normalized spacial score (nSPS) is 13.8. The Labute approximate surface area is 182 Å². The zero-order valence-corrected chi connectivity index (χ0v) is 18.0. The third-order valence-corrected chi connectivity index (χ3v) is 5.42. The molecule has 1 amide bonds. The Morgan fingerprint density at radius 1 is 0.871 bits per heavy atom. The maximum absolute atomic E-state index is 13.0. The molecule has 0 radical (unpaired) electrons. The highest BCUT2D eigenvalue weighted by molar-refractivity contribution is 5.95. The van der Waals surface area contributed by atoms with Gasteiger partial charge in [-0.1, -0.05) is 30.3 Å². The highest BCUT2D eigenvalue weighted by Gasteiger charge is 2.24. The number of aryl methyl sites for hydroxylation is 1. The number of carbonyl (C=O) groups is 1. The molecule has 2 heterocycles. The molecular formula is C24H26N4O3. The quantitative estimate of drug-likeness (QED) is 0.632. The molecule has 0 spiro atoms. The van der Waals surface area contributed by atoms with E-state index < -0.39 is 0 Å². The first-order chi connectivity index (χ1) is 15.1. The van der Waals surface area contributed by atoms with Gasteiger partial charge in [-0.25, -0.2) is 9.97 Å². The van der Waals surface area contributed by atoms with Gasteiger partial charge in [-0.2, -0.15) is 0 Å². The van der Waals surface area contributed by atoms with E-state index in [4.69, 9.17) is 9.47 Å². The summed E-state index contributed by atoms with van der Waals surface area (Å²) >= 11 is 0. The standard InChI is InChI=1S/C24H26N4O3/c1-17-25-20(18-7-5-4-6-8-18)16-23(26-17)27-11-13-28(14-12-27)24(29)19-9-10-21(30-2)22(15-19)31-3/h4-10,15-16H,11-14H2,1-3H3. The van der Waals surface area contributed by atoms with Gasteiger partial charge < -0.3 is 19.3 Å². The van der Waals surface area contributed by atoms with Gasteiger partial charge in [0.25, 0.3) is 5.91 Å². The molecule has 7 nitrogen and oxygen atoms in total. The van der Waals surface area contributed by atoms with Crippen molar-refractivity contribution >= 4 is 11.7 Å². The van der Waals surface area contributed by atoms with Crippen molar-refractivity contribution in [1.29, 1.82) is 0 Å². The molecule has 2 aromatic carbocycles. The third kappa shape index (κ3) is 4.45. The Morgan fingerprint density at radius 2 is 1.58 bits per heavy atom. The molecule has 0 N–H and O–H groups in total. The lowest BCUT2D eigenvalue weighted by molar-refractivity contribution is 0.0746. The van der Waals surface area contributed by atoms with Gasteiger partial charge in [-0.05, 0) is 25.1 Å². The monoisotopic (exact) mass is 418 g/mol. The van der Waals surface area contributed by atoms with E-state index in [9.17, 15) is 4.79 Å². The molecule has 1 aromatic heterocycles. The van der Waals surface area contributed by atoms with E-state index in [1.807, 2.05) is 48.2 Å². The summed E-state index contributed by atoms with van der Waals surface area (Å²) in [4.78, 5) is 26.3. The molecule has 1 aliphatic heterocycles. The van der Waals surface area contributed by atoms with E-state index in [0.717, 1.165) is 22.9 Å². The van der Waals surface area contributed by atoms with Crippen LogP contribution in [-0.4, -0.2) is 61.2 Å². The summed E-state index contributed by atoms with van der Waals surface area (Å²) < 4.78 is 10.6. The molecule has 0 bridgehead atoms. The van der Waals surface area contributed by atoms with E-state index in [1.54, 1.807) is 32.4 Å². The van der Waals surface area contributed by atoms with Gasteiger partial charge in [0.2, 0.25) is 0 Å². The van der Waals surface area contributed by atoms with Crippen LogP contribution >= 0.6 is 0 Å². The van der Waals surface area contributed by atoms with Gasteiger partial charge >= 0.3 is 0 Å². The molecule has 0 saturated carbocycles. The average molecular weight is 418 g/mol. The van der Waals surface area contributed by atoms with Crippen molar-refractivity contribution in [3.63, 3.8) is 0 Å². The van der Waals surface area contributed by atoms with Crippen LogP contribution in [0.15, 0.2) is 54.6 Å². The highest BCUT2D eigenvalue weighted by atomic mass is 16.5. The Balaban J connectivity index is 1.47. The number of hydrogen-bond acceptors (Lipinski definition) is 6. The van der Waals surface area contributed by atoms with Crippen LogP contribution in [-0.2, 0) is 0 Å². The van der Waals surface area contributed by atoms with Crippen LogP contribution in [0.4, 0.5) is 5.82 Å². The Bertz CT molecular complexity index is 1060. The molecule has 1 aliphatic rings. The number of benzene rings is 2. The zero-order valence-electron chi connectivity index (χ0n) is 18.0. The lowest BCUT2D eigenvalue weighted by Crippen LogP contribution is -2.49. The smallest absolute Gasteiger partial charge is 0.254 e. The van der Waals surface area contributed by atoms with Crippen LogP contribution in [0.2, 0.25) is 0 Å². The fourth-order valence-electron chi connectivity index (χ4n) is 3.76. The summed E-state index contributed by atoms with van der Waals surface area (Å²) in [7, 11) is 3.15. The summed E-state index contributed by atoms with van der Waals surface area (Å²) in [6.07, 6.45) is 0. The number of anilines is 1. The van der Waals surface area contributed by atoms with Gasteiger partial charge in [-0.15, -0.1) is 0 Å². The highest BCUT2D eigenvalue weighted by Crippen LogP contribution is 2.28. The van der Waals surface area contributed by atoms with Crippen LogP contribution in [0, 0.1) is 6.92 Å². The number of nitrogens with zero attached hydrogens (tertiary/aromatic N) is 4. The second-order valence-corrected chi connectivity index (χ2v) is 7.37. The van der Waals surface area contributed by atoms with Crippen LogP contribution in [0.5, 0.6) is 11.5 Å². The topological polar surface area (TPSA) is 67.8 Å². The van der Waals surface area contributed by atoms with E-state index in [2.05, 4.69) is 14.9 Å². The summed E-state index contributed by atoms with van der Waals surface area (Å²) in [5.41, 5.74) is 2.57. The van der Waals surface area contributed by atoms with Crippen molar-refractivity contribution in [1.82, 2.24) is 14.9 Å². The first-order valence-corrected chi connectivity index (χ1v) is 10.3. The summed E-state index contributed by atoms with van der Waals surface area (Å²) in [5.74, 6) is 2.78. The zero-order chi connectivity index (χ0) is 21.8. The molecule has 3 aromatic rings. The van der Waals surface area contributed by atoms with Crippen LogP contribution in [0.3, 0.4) is 0 Å². The maximum Gasteiger partial charge on any atom is 0.254 e. The Hall–Kier alpha value is -3.61. The fraction of sp³-hybridized carbons (Fsp3) is 0.292. The van der Waals surface area contributed by atoms with Gasteiger partial charge in [0.1, 0.15) is 11.6 Å². The number of ether oxygens (including phenoxy) is 2. The minimum absolute atomic E-state index is 0.00977. The predicted molar refractivity (Wildman–Crippen MR) is 120 cm³/mol. The molecule has 0 aliphatic carbocycles. The van der Waals surface area contributed by atoms with Crippen LogP contribution in [0.1, 0.15) is 16.2 Å². The van der Waals surface area contributed by atoms with Crippen LogP contribution in [0.25, 0.3) is 11.3 Å². The van der Waals surface area contributed by atoms with E-state index in [1.165, 1.54) is 0 Å². The number of hydrogen-bond donors (Lipinski definition) is 0. The van der Waals surface area contributed by atoms with Gasteiger partial charge in [0, 0.05) is 43.4 Å². The predicted octanol–water partition coefficient (Wildman–Crippen LogP) is 3.43. The SMILES string of the molecule is COc1ccc(C(=O)N2CCN(c3cc(-c4ccccc4)nc(C)n3)CC2)cc1OC. The lowest BCUT2D eigenvalue weighted by Gasteiger charge is -2.35. The van der Waals surface area contributed by atoms with Crippen molar-refractivity contribution in [2.75, 3.05) is 45.3 Å². The van der Waals surface area contributed by atoms with E-state index in [-0.39, 0.29) is 5.91 Å². The number of carbonyl (C=O) groups excluding carboxylic acids is 1. The summed E-state index contributed by atoms with van der Waals surface area (Å²) in [6, 6.07) is 17.4. The molecule has 160 valence electrons. The number of amides is 1. The van der Waals surface area contributed by atoms with Gasteiger partial charge in [0.05, 0.1) is 19.9 Å². The number of aromatic nitrogens is 2. The largest absolute Gasteiger partial charge is 0.493 e. The summed E-state index contributed by atoms with van der Waals surface area (Å²) in [6.45, 7) is 4.58. The van der Waals surface area contributed by atoms with Gasteiger partial charge in [0.15, 0.2) is 11.5 Å². The Kier molecular flexibility index (Phi) is 6.02. The molecule has 4 rings (SSSR count). The number of methoxy groups -OCH3 is 2. The number of piperazine rings is 1. The molecule has 31 heavy (non-hydrogen) atoms. The summed E-state index contributed by atoms with van der Waals surface area (Å²) in [5, 5.41) is 0. The second kappa shape index (κ2) is 9.04. The number of rotatable bonds is 5. The van der Waals surface area contributed by atoms with E-state index >= 15 is 0 Å². The molecule has 1 saturated heterocycles. The van der Waals surface area contributed by atoms with Crippen molar-refractivity contribution in [3.05, 3.63) is 66.0 Å². The van der Waals surface area contributed by atoms with Crippen molar-refractivity contribution in [2.45, 2.75) is 6.92 Å². The van der Waals surface area contributed by atoms with Crippen molar-refractivity contribution in [3.8, 4) is 22.8 Å². The minimum atomic E-state index is -0.00977. The van der Waals surface area contributed by atoms with Crippen molar-refractivity contribution < 1.29 is 14.3 Å². The average Bonchev–Trinajstić information content (AvgIpc) is 2.83. The Morgan fingerprint density at radius 3 is 2.26 bits per heavy atom. The van der Waals surface area contributed by atoms with Gasteiger partial charge in [-0.3, -0.25) is 4.79 Å². The second-order valence-electron chi connectivity index (χ2n) is 7.37. The molecule has 1 fully saturated rings. The molecule has 7 heteroatoms. The molecule has 0 unspecified atom stereocenters. The molecule has 0 atom stereocenters. The van der Waals surface area contributed by atoms with Crippen molar-refractivity contribution in [2.24, 2.45) is 0 Å². The lowest BCUT2D eigenvalue weighted by atomic mass is 10.1. The maximum atomic E-state index is 13.0. The fourth-order valence-corrected chi connectivity index (χ4v) is 3.76. The third-order valence-electron chi connectivity index (χ3n) is 5.42. The minimum Gasteiger partial charge on any atom is -0.493 e. The van der Waals surface area contributed by atoms with E-state index in [0.29, 0.717) is 43.2 Å². The first-order valence-electron chi connectivity index (χ1n) is 10.3. The van der Waals surface area contributed by atoms with Crippen LogP contribution < -0.4 is 14.4 Å². The molecular weight excluding hydrogens is 392 g/mol.